The number of benzene rings is 1. The summed E-state index contributed by atoms with van der Waals surface area (Å²) in [6.07, 6.45) is 3.24. The molecule has 0 saturated heterocycles. The first-order chi connectivity index (χ1) is 11.6. The monoisotopic (exact) mass is 322 g/mol. The van der Waals surface area contributed by atoms with Crippen molar-refractivity contribution in [3.63, 3.8) is 0 Å². The Morgan fingerprint density at radius 1 is 1.25 bits per heavy atom. The Hall–Kier alpha value is -3.35. The van der Waals surface area contributed by atoms with Gasteiger partial charge in [0.05, 0.1) is 12.5 Å². The summed E-state index contributed by atoms with van der Waals surface area (Å²) in [5, 5.41) is 10.8. The van der Waals surface area contributed by atoms with E-state index in [1.54, 1.807) is 13.2 Å². The van der Waals surface area contributed by atoms with Crippen LogP contribution in [0.5, 0.6) is 5.75 Å². The van der Waals surface area contributed by atoms with Gasteiger partial charge < -0.3 is 19.4 Å². The Kier molecular flexibility index (Phi) is 3.02. The van der Waals surface area contributed by atoms with Crippen molar-refractivity contribution in [1.29, 1.82) is 0 Å². The molecule has 0 amide bonds. The standard InChI is InChI=1S/C17H14N4O3/c1-21-7-12(10-5-9(24-2)3-4-14(10)21)13-6-11-15(17(22)23)18-8-19-16(11)20-13/h3-8H,1-2H3,(H,22,23)(H,18,19,20). The zero-order valence-electron chi connectivity index (χ0n) is 13.1. The lowest BCUT2D eigenvalue weighted by Gasteiger charge is -2.01. The number of ether oxygens (including phenoxy) is 1. The van der Waals surface area contributed by atoms with Gasteiger partial charge in [0.2, 0.25) is 0 Å². The van der Waals surface area contributed by atoms with Crippen molar-refractivity contribution in [3.8, 4) is 17.0 Å². The van der Waals surface area contributed by atoms with Gasteiger partial charge in [0.1, 0.15) is 17.7 Å². The minimum atomic E-state index is -1.08. The number of hydrogen-bond acceptors (Lipinski definition) is 4. The summed E-state index contributed by atoms with van der Waals surface area (Å²) in [4.78, 5) is 22.5. The highest BCUT2D eigenvalue weighted by Crippen LogP contribution is 2.33. The van der Waals surface area contributed by atoms with Gasteiger partial charge >= 0.3 is 5.97 Å². The second kappa shape index (κ2) is 5.09. The molecule has 4 aromatic rings. The van der Waals surface area contributed by atoms with E-state index in [4.69, 9.17) is 4.74 Å². The number of H-pyrrole nitrogens is 1. The molecule has 0 saturated carbocycles. The van der Waals surface area contributed by atoms with Crippen molar-refractivity contribution in [3.05, 3.63) is 42.5 Å². The van der Waals surface area contributed by atoms with Crippen LogP contribution in [-0.2, 0) is 7.05 Å². The van der Waals surface area contributed by atoms with Gasteiger partial charge in [0, 0.05) is 35.4 Å². The third-order valence-electron chi connectivity index (χ3n) is 4.12. The highest BCUT2D eigenvalue weighted by atomic mass is 16.5. The number of carbonyl (C=O) groups is 1. The topological polar surface area (TPSA) is 93.0 Å². The Balaban J connectivity index is 1.99. The molecule has 2 N–H and O–H groups in total. The number of aromatic carboxylic acids is 1. The number of fused-ring (bicyclic) bond motifs is 2. The lowest BCUT2D eigenvalue weighted by molar-refractivity contribution is 0.0692. The molecule has 120 valence electrons. The van der Waals surface area contributed by atoms with Crippen molar-refractivity contribution < 1.29 is 14.6 Å². The number of rotatable bonds is 3. The Bertz CT molecular complexity index is 1090. The van der Waals surface area contributed by atoms with Crippen molar-refractivity contribution in [2.45, 2.75) is 0 Å². The molecule has 0 radical (unpaired) electrons. The third kappa shape index (κ3) is 2.02. The van der Waals surface area contributed by atoms with E-state index in [2.05, 4.69) is 15.0 Å². The minimum absolute atomic E-state index is 0.0136. The van der Waals surface area contributed by atoms with Gasteiger partial charge in [-0.1, -0.05) is 0 Å². The van der Waals surface area contributed by atoms with Crippen LogP contribution in [0.3, 0.4) is 0 Å². The summed E-state index contributed by atoms with van der Waals surface area (Å²) in [7, 11) is 3.59. The second-order valence-electron chi connectivity index (χ2n) is 5.51. The number of nitrogens with one attached hydrogen (secondary N) is 1. The molecule has 0 bridgehead atoms. The predicted octanol–water partition coefficient (Wildman–Crippen LogP) is 2.82. The maximum absolute atomic E-state index is 11.3. The molecule has 24 heavy (non-hydrogen) atoms. The zero-order chi connectivity index (χ0) is 16.8. The molecule has 3 heterocycles. The summed E-state index contributed by atoms with van der Waals surface area (Å²) in [5.41, 5.74) is 3.26. The number of aryl methyl sites for hydroxylation is 1. The number of carboxylic acids is 1. The van der Waals surface area contributed by atoms with Crippen LogP contribution < -0.4 is 4.74 Å². The number of carboxylic acid groups (broad SMARTS) is 1. The Morgan fingerprint density at radius 3 is 2.83 bits per heavy atom. The molecule has 7 heteroatoms. The van der Waals surface area contributed by atoms with Crippen LogP contribution in [-0.4, -0.2) is 37.7 Å². The van der Waals surface area contributed by atoms with Gasteiger partial charge in [-0.2, -0.15) is 0 Å². The van der Waals surface area contributed by atoms with Crippen LogP contribution in [0.4, 0.5) is 0 Å². The summed E-state index contributed by atoms with van der Waals surface area (Å²) in [5.74, 6) is -0.315. The maximum atomic E-state index is 11.3. The molecule has 0 fully saturated rings. The first-order valence-electron chi connectivity index (χ1n) is 7.29. The fourth-order valence-corrected chi connectivity index (χ4v) is 2.97. The summed E-state index contributed by atoms with van der Waals surface area (Å²) in [6.45, 7) is 0. The van der Waals surface area contributed by atoms with E-state index in [-0.39, 0.29) is 5.69 Å². The molecule has 0 spiro atoms. The van der Waals surface area contributed by atoms with E-state index in [9.17, 15) is 9.90 Å². The van der Waals surface area contributed by atoms with Crippen LogP contribution in [0, 0.1) is 0 Å². The predicted molar refractivity (Wildman–Crippen MR) is 89.3 cm³/mol. The van der Waals surface area contributed by atoms with Gasteiger partial charge in [0.15, 0.2) is 5.69 Å². The fraction of sp³-hybridized carbons (Fsp3) is 0.118. The van der Waals surface area contributed by atoms with E-state index < -0.39 is 5.97 Å². The van der Waals surface area contributed by atoms with Gasteiger partial charge in [-0.3, -0.25) is 0 Å². The third-order valence-corrected chi connectivity index (χ3v) is 4.12. The Morgan fingerprint density at radius 2 is 2.08 bits per heavy atom. The Labute approximate surface area is 136 Å². The molecule has 0 aliphatic carbocycles. The quantitative estimate of drug-likeness (QED) is 0.605. The lowest BCUT2D eigenvalue weighted by atomic mass is 10.1. The van der Waals surface area contributed by atoms with E-state index >= 15 is 0 Å². The number of methoxy groups -OCH3 is 1. The average molecular weight is 322 g/mol. The lowest BCUT2D eigenvalue weighted by Crippen LogP contribution is -2.00. The summed E-state index contributed by atoms with van der Waals surface area (Å²) < 4.78 is 7.33. The van der Waals surface area contributed by atoms with Gasteiger partial charge in [-0.05, 0) is 24.3 Å². The van der Waals surface area contributed by atoms with E-state index in [0.717, 1.165) is 27.9 Å². The van der Waals surface area contributed by atoms with Gasteiger partial charge in [-0.25, -0.2) is 14.8 Å². The number of aromatic amines is 1. The minimum Gasteiger partial charge on any atom is -0.497 e. The van der Waals surface area contributed by atoms with Crippen LogP contribution >= 0.6 is 0 Å². The molecule has 0 atom stereocenters. The average Bonchev–Trinajstić information content (AvgIpc) is 3.15. The number of nitrogens with zero attached hydrogens (tertiary/aromatic N) is 3. The smallest absolute Gasteiger partial charge is 0.355 e. The largest absolute Gasteiger partial charge is 0.497 e. The SMILES string of the molecule is COc1ccc2c(c1)c(-c1cc3c(C(=O)O)ncnc3[nH]1)cn2C. The van der Waals surface area contributed by atoms with Crippen LogP contribution in [0.1, 0.15) is 10.5 Å². The summed E-state index contributed by atoms with van der Waals surface area (Å²) in [6, 6.07) is 7.63. The highest BCUT2D eigenvalue weighted by molar-refractivity contribution is 6.03. The van der Waals surface area contributed by atoms with Crippen LogP contribution in [0.15, 0.2) is 36.8 Å². The van der Waals surface area contributed by atoms with Crippen molar-refractivity contribution in [2.24, 2.45) is 7.05 Å². The highest BCUT2D eigenvalue weighted by Gasteiger charge is 2.17. The van der Waals surface area contributed by atoms with Gasteiger partial charge in [-0.15, -0.1) is 0 Å². The van der Waals surface area contributed by atoms with Crippen molar-refractivity contribution >= 4 is 27.9 Å². The number of hydrogen-bond donors (Lipinski definition) is 2. The fourth-order valence-electron chi connectivity index (χ4n) is 2.97. The van der Waals surface area contributed by atoms with Crippen molar-refractivity contribution in [2.75, 3.05) is 7.11 Å². The van der Waals surface area contributed by atoms with Crippen LogP contribution in [0.2, 0.25) is 0 Å². The van der Waals surface area contributed by atoms with E-state index in [0.29, 0.717) is 11.0 Å². The number of aromatic nitrogens is 4. The molecule has 3 aromatic heterocycles. The summed E-state index contributed by atoms with van der Waals surface area (Å²) >= 11 is 0. The molecule has 7 nitrogen and oxygen atoms in total. The van der Waals surface area contributed by atoms with E-state index in [1.165, 1.54) is 6.33 Å². The van der Waals surface area contributed by atoms with Crippen molar-refractivity contribution in [1.82, 2.24) is 19.5 Å². The molecule has 0 unspecified atom stereocenters. The molecule has 0 aliphatic heterocycles. The van der Waals surface area contributed by atoms with Crippen LogP contribution in [0.25, 0.3) is 33.2 Å². The van der Waals surface area contributed by atoms with E-state index in [1.807, 2.05) is 36.0 Å². The first-order valence-corrected chi connectivity index (χ1v) is 7.29. The first kappa shape index (κ1) is 14.3. The normalized spacial score (nSPS) is 11.2. The second-order valence-corrected chi connectivity index (χ2v) is 5.51. The maximum Gasteiger partial charge on any atom is 0.355 e. The van der Waals surface area contributed by atoms with Gasteiger partial charge in [0.25, 0.3) is 0 Å². The molecular weight excluding hydrogens is 308 g/mol. The molecule has 0 aliphatic rings. The molecular formula is C17H14N4O3. The molecule has 4 rings (SSSR count). The molecule has 1 aromatic carbocycles. The zero-order valence-corrected chi connectivity index (χ0v) is 13.1.